The molecule has 3 atom stereocenters. The zero-order valence-corrected chi connectivity index (χ0v) is 11.7. The quantitative estimate of drug-likeness (QED) is 0.670. The molecule has 0 aliphatic heterocycles. The third kappa shape index (κ3) is 2.80. The van der Waals surface area contributed by atoms with E-state index in [0.29, 0.717) is 12.1 Å². The normalized spacial score (nSPS) is 42.8. The Bertz CT molecular complexity index is 315. The monoisotopic (exact) mass is 268 g/mol. The lowest BCUT2D eigenvalue weighted by Gasteiger charge is -2.30. The van der Waals surface area contributed by atoms with Crippen molar-refractivity contribution in [3.63, 3.8) is 0 Å². The summed E-state index contributed by atoms with van der Waals surface area (Å²) in [5.41, 5.74) is 0. The maximum Gasteiger partial charge on any atom is 0.166 e. The van der Waals surface area contributed by atoms with Gasteiger partial charge in [-0.05, 0) is 69.0 Å². The summed E-state index contributed by atoms with van der Waals surface area (Å²) in [5, 5.41) is 17.3. The van der Waals surface area contributed by atoms with Crippen LogP contribution in [0.4, 0.5) is 0 Å². The number of hydrogen-bond acceptors (Lipinski definition) is 2. The van der Waals surface area contributed by atoms with Gasteiger partial charge in [0.15, 0.2) is 5.11 Å². The minimum atomic E-state index is -0.0878. The molecule has 0 spiro atoms. The molecule has 0 saturated heterocycles. The summed E-state index contributed by atoms with van der Waals surface area (Å²) in [5.74, 6) is 1.82. The minimum Gasteiger partial charge on any atom is -0.393 e. The van der Waals surface area contributed by atoms with Crippen molar-refractivity contribution >= 4 is 17.3 Å². The Morgan fingerprint density at radius 1 is 0.944 bits per heavy atom. The van der Waals surface area contributed by atoms with Crippen molar-refractivity contribution in [1.82, 2.24) is 10.6 Å². The molecule has 0 aromatic heterocycles. The van der Waals surface area contributed by atoms with Gasteiger partial charge in [-0.25, -0.2) is 0 Å². The molecule has 18 heavy (non-hydrogen) atoms. The van der Waals surface area contributed by atoms with E-state index >= 15 is 0 Å². The molecule has 3 N–H and O–H groups in total. The van der Waals surface area contributed by atoms with Gasteiger partial charge in [0, 0.05) is 12.1 Å². The van der Waals surface area contributed by atoms with Gasteiger partial charge in [-0.1, -0.05) is 6.42 Å². The Labute approximate surface area is 115 Å². The highest BCUT2D eigenvalue weighted by Gasteiger charge is 2.39. The molecule has 0 aromatic rings. The summed E-state index contributed by atoms with van der Waals surface area (Å²) in [4.78, 5) is 0. The highest BCUT2D eigenvalue weighted by Crippen LogP contribution is 2.44. The molecule has 0 amide bonds. The first-order valence-corrected chi connectivity index (χ1v) is 7.86. The van der Waals surface area contributed by atoms with Crippen LogP contribution in [0.2, 0.25) is 0 Å². The molecule has 2 bridgehead atoms. The third-order valence-electron chi connectivity index (χ3n) is 5.09. The van der Waals surface area contributed by atoms with E-state index in [4.69, 9.17) is 12.2 Å². The number of fused-ring (bicyclic) bond motifs is 2. The highest BCUT2D eigenvalue weighted by atomic mass is 32.1. The van der Waals surface area contributed by atoms with Gasteiger partial charge in [0.1, 0.15) is 0 Å². The van der Waals surface area contributed by atoms with Gasteiger partial charge < -0.3 is 15.7 Å². The van der Waals surface area contributed by atoms with Gasteiger partial charge >= 0.3 is 0 Å². The van der Waals surface area contributed by atoms with Crippen molar-refractivity contribution < 1.29 is 5.11 Å². The maximum absolute atomic E-state index is 9.49. The lowest BCUT2D eigenvalue weighted by molar-refractivity contribution is 0.120. The van der Waals surface area contributed by atoms with E-state index in [1.165, 1.54) is 25.7 Å². The fourth-order valence-corrected chi connectivity index (χ4v) is 4.36. The molecular weight excluding hydrogens is 244 g/mol. The Hall–Kier alpha value is -0.350. The van der Waals surface area contributed by atoms with Crippen LogP contribution in [0.5, 0.6) is 0 Å². The zero-order valence-electron chi connectivity index (χ0n) is 10.9. The molecule has 0 heterocycles. The number of thiocarbonyl (C=S) groups is 1. The largest absolute Gasteiger partial charge is 0.393 e. The summed E-state index contributed by atoms with van der Waals surface area (Å²) in [6, 6.07) is 1.09. The van der Waals surface area contributed by atoms with Crippen molar-refractivity contribution in [3.8, 4) is 0 Å². The lowest BCUT2D eigenvalue weighted by Crippen LogP contribution is -2.48. The first kappa shape index (κ1) is 12.7. The van der Waals surface area contributed by atoms with Gasteiger partial charge in [0.25, 0.3) is 0 Å². The predicted octanol–water partition coefficient (Wildman–Crippen LogP) is 1.94. The zero-order chi connectivity index (χ0) is 12.5. The number of aliphatic hydroxyl groups is 1. The van der Waals surface area contributed by atoms with Gasteiger partial charge in [-0.2, -0.15) is 0 Å². The van der Waals surface area contributed by atoms with Crippen LogP contribution in [-0.2, 0) is 0 Å². The van der Waals surface area contributed by atoms with Crippen LogP contribution in [0.15, 0.2) is 0 Å². The minimum absolute atomic E-state index is 0.0878. The van der Waals surface area contributed by atoms with Crippen molar-refractivity contribution in [3.05, 3.63) is 0 Å². The Morgan fingerprint density at radius 3 is 2.33 bits per heavy atom. The molecule has 3 aliphatic carbocycles. The summed E-state index contributed by atoms with van der Waals surface area (Å²) in [6.45, 7) is 0. The van der Waals surface area contributed by atoms with Crippen LogP contribution in [0.25, 0.3) is 0 Å². The van der Waals surface area contributed by atoms with Crippen LogP contribution < -0.4 is 10.6 Å². The van der Waals surface area contributed by atoms with Gasteiger partial charge in [0.2, 0.25) is 0 Å². The van der Waals surface area contributed by atoms with Gasteiger partial charge in [-0.15, -0.1) is 0 Å². The van der Waals surface area contributed by atoms with Crippen LogP contribution in [-0.4, -0.2) is 28.4 Å². The van der Waals surface area contributed by atoms with E-state index in [2.05, 4.69) is 10.6 Å². The second-order valence-corrected chi connectivity index (χ2v) is 6.81. The smallest absolute Gasteiger partial charge is 0.166 e. The van der Waals surface area contributed by atoms with Crippen molar-refractivity contribution in [2.45, 2.75) is 69.6 Å². The molecule has 3 saturated carbocycles. The summed E-state index contributed by atoms with van der Waals surface area (Å²) in [6.07, 6.45) is 9.37. The SMILES string of the molecule is OC1CCC(NC(=S)N[C@H]2C[C@H]3CC[C@@H]2C3)CC1. The Kier molecular flexibility index (Phi) is 3.76. The average molecular weight is 268 g/mol. The number of hydrogen-bond donors (Lipinski definition) is 3. The molecule has 3 fully saturated rings. The number of aliphatic hydroxyl groups excluding tert-OH is 1. The fraction of sp³-hybridized carbons (Fsp3) is 0.929. The van der Waals surface area contributed by atoms with Crippen LogP contribution in [0.1, 0.15) is 51.4 Å². The lowest BCUT2D eigenvalue weighted by atomic mass is 9.93. The number of nitrogens with one attached hydrogen (secondary N) is 2. The summed E-state index contributed by atoms with van der Waals surface area (Å²) >= 11 is 5.43. The molecule has 3 rings (SSSR count). The van der Waals surface area contributed by atoms with E-state index < -0.39 is 0 Å². The number of rotatable bonds is 2. The predicted molar refractivity (Wildman–Crippen MR) is 76.4 cm³/mol. The van der Waals surface area contributed by atoms with E-state index in [0.717, 1.165) is 42.6 Å². The Morgan fingerprint density at radius 2 is 1.72 bits per heavy atom. The van der Waals surface area contributed by atoms with Crippen LogP contribution >= 0.6 is 12.2 Å². The topological polar surface area (TPSA) is 44.3 Å². The van der Waals surface area contributed by atoms with Crippen molar-refractivity contribution in [2.75, 3.05) is 0 Å². The Balaban J connectivity index is 1.42. The summed E-state index contributed by atoms with van der Waals surface area (Å²) in [7, 11) is 0. The van der Waals surface area contributed by atoms with Gasteiger partial charge in [-0.3, -0.25) is 0 Å². The van der Waals surface area contributed by atoms with Crippen molar-refractivity contribution in [2.24, 2.45) is 11.8 Å². The fourth-order valence-electron chi connectivity index (χ4n) is 4.04. The second kappa shape index (κ2) is 5.33. The first-order valence-electron chi connectivity index (χ1n) is 7.46. The third-order valence-corrected chi connectivity index (χ3v) is 5.32. The summed E-state index contributed by atoms with van der Waals surface area (Å²) < 4.78 is 0. The van der Waals surface area contributed by atoms with Crippen molar-refractivity contribution in [1.29, 1.82) is 0 Å². The van der Waals surface area contributed by atoms with Gasteiger partial charge in [0.05, 0.1) is 6.10 Å². The first-order chi connectivity index (χ1) is 8.70. The molecule has 0 aromatic carbocycles. The van der Waals surface area contributed by atoms with Crippen LogP contribution in [0, 0.1) is 11.8 Å². The molecule has 3 nitrogen and oxygen atoms in total. The van der Waals surface area contributed by atoms with E-state index in [1.807, 2.05) is 0 Å². The van der Waals surface area contributed by atoms with E-state index in [-0.39, 0.29) is 6.10 Å². The standard InChI is InChI=1S/C14H24N2OS/c17-12-5-3-11(4-6-12)15-14(18)16-13-8-9-1-2-10(13)7-9/h9-13,17H,1-8H2,(H2,15,16,18)/t9-,10+,11?,12?,13-/m0/s1. The molecule has 0 radical (unpaired) electrons. The van der Waals surface area contributed by atoms with E-state index in [9.17, 15) is 5.11 Å². The molecular formula is C14H24N2OS. The molecule has 0 unspecified atom stereocenters. The molecule has 4 heteroatoms. The maximum atomic E-state index is 9.49. The average Bonchev–Trinajstić information content (AvgIpc) is 2.94. The highest BCUT2D eigenvalue weighted by molar-refractivity contribution is 7.80. The van der Waals surface area contributed by atoms with E-state index in [1.54, 1.807) is 0 Å². The second-order valence-electron chi connectivity index (χ2n) is 6.40. The molecule has 3 aliphatic rings. The molecule has 102 valence electrons. The van der Waals surface area contributed by atoms with Crippen LogP contribution in [0.3, 0.4) is 0 Å².